The van der Waals surface area contributed by atoms with E-state index in [4.69, 9.17) is 4.74 Å². The number of ether oxygens (including phenoxy) is 1. The van der Waals surface area contributed by atoms with Gasteiger partial charge < -0.3 is 14.7 Å². The second-order valence-electron chi connectivity index (χ2n) is 12.9. The van der Waals surface area contributed by atoms with Gasteiger partial charge in [0.25, 0.3) is 0 Å². The fourth-order valence-electron chi connectivity index (χ4n) is 6.59. The standard InChI is InChI=1S/C33H35Br2NO5/c1-6-36-23-13-32(2,3)15-25(37)28(23)27(29-24(36)14-33(4,5)16-26(29)38)21-11-20(34)12-22(35)30(21)41-17-18-7-9-19(10-8-18)31(39)40/h7-12,27H,6,13-17H2,1-5H3,(H,39,40). The van der Waals surface area contributed by atoms with Crippen LogP contribution in [0.5, 0.6) is 5.75 Å². The van der Waals surface area contributed by atoms with Crippen LogP contribution in [0.25, 0.3) is 0 Å². The predicted molar refractivity (Wildman–Crippen MR) is 165 cm³/mol. The summed E-state index contributed by atoms with van der Waals surface area (Å²) in [5.74, 6) is -0.791. The first-order valence-electron chi connectivity index (χ1n) is 14.0. The van der Waals surface area contributed by atoms with Crippen molar-refractivity contribution in [1.82, 2.24) is 4.90 Å². The summed E-state index contributed by atoms with van der Waals surface area (Å²) in [6, 6.07) is 10.4. The first-order valence-corrected chi connectivity index (χ1v) is 15.5. The minimum atomic E-state index is -0.984. The van der Waals surface area contributed by atoms with E-state index in [0.29, 0.717) is 40.8 Å². The molecule has 5 rings (SSSR count). The van der Waals surface area contributed by atoms with E-state index in [9.17, 15) is 19.5 Å². The Kier molecular flexibility index (Phi) is 7.88. The molecule has 6 nitrogen and oxygen atoms in total. The largest absolute Gasteiger partial charge is 0.487 e. The molecule has 2 aromatic rings. The van der Waals surface area contributed by atoms with E-state index in [-0.39, 0.29) is 34.6 Å². The molecule has 0 radical (unpaired) electrons. The van der Waals surface area contributed by atoms with Gasteiger partial charge in [-0.2, -0.15) is 0 Å². The predicted octanol–water partition coefficient (Wildman–Crippen LogP) is 8.19. The van der Waals surface area contributed by atoms with Gasteiger partial charge in [0, 0.05) is 57.9 Å². The molecule has 0 saturated heterocycles. The molecule has 41 heavy (non-hydrogen) atoms. The number of carboxylic acids is 1. The Morgan fingerprint density at radius 3 is 1.95 bits per heavy atom. The van der Waals surface area contributed by atoms with E-state index < -0.39 is 11.9 Å². The van der Waals surface area contributed by atoms with Crippen molar-refractivity contribution >= 4 is 49.4 Å². The number of hydrogen-bond donors (Lipinski definition) is 1. The van der Waals surface area contributed by atoms with Crippen LogP contribution >= 0.6 is 31.9 Å². The summed E-state index contributed by atoms with van der Waals surface area (Å²) in [5.41, 5.74) is 4.88. The Labute approximate surface area is 258 Å². The Bertz CT molecular complexity index is 1460. The van der Waals surface area contributed by atoms with E-state index >= 15 is 0 Å². The third kappa shape index (κ3) is 5.70. The molecule has 2 aliphatic carbocycles. The molecule has 1 aliphatic heterocycles. The van der Waals surface area contributed by atoms with Crippen molar-refractivity contribution in [3.8, 4) is 5.75 Å². The van der Waals surface area contributed by atoms with Crippen LogP contribution in [0.2, 0.25) is 0 Å². The van der Waals surface area contributed by atoms with Crippen molar-refractivity contribution in [3.05, 3.63) is 84.6 Å². The lowest BCUT2D eigenvalue weighted by molar-refractivity contribution is -0.119. The molecule has 216 valence electrons. The average molecular weight is 685 g/mol. The van der Waals surface area contributed by atoms with Crippen LogP contribution in [0, 0.1) is 10.8 Å². The fourth-order valence-corrected chi connectivity index (χ4v) is 7.96. The van der Waals surface area contributed by atoms with Crippen molar-refractivity contribution in [3.63, 3.8) is 0 Å². The lowest BCUT2D eigenvalue weighted by Gasteiger charge is -2.49. The Morgan fingerprint density at radius 2 is 1.46 bits per heavy atom. The fraction of sp³-hybridized carbons (Fsp3) is 0.424. The second kappa shape index (κ2) is 10.8. The van der Waals surface area contributed by atoms with Crippen LogP contribution in [0.15, 0.2) is 67.9 Å². The molecular formula is C33H35Br2NO5. The van der Waals surface area contributed by atoms with Gasteiger partial charge in [0.2, 0.25) is 0 Å². The van der Waals surface area contributed by atoms with Crippen LogP contribution in [0.3, 0.4) is 0 Å². The van der Waals surface area contributed by atoms with Crippen LogP contribution in [0.4, 0.5) is 0 Å². The molecule has 8 heteroatoms. The number of benzene rings is 2. The van der Waals surface area contributed by atoms with E-state index in [1.54, 1.807) is 24.3 Å². The van der Waals surface area contributed by atoms with E-state index in [1.807, 2.05) is 12.1 Å². The summed E-state index contributed by atoms with van der Waals surface area (Å²) in [5, 5.41) is 9.25. The number of rotatable bonds is 6. The molecule has 0 saturated carbocycles. The molecule has 1 heterocycles. The zero-order chi connectivity index (χ0) is 29.9. The third-order valence-electron chi connectivity index (χ3n) is 8.27. The SMILES string of the molecule is CCN1C2=C(C(=O)CC(C)(C)C2)C(c2cc(Br)cc(Br)c2OCc2ccc(C(=O)O)cc2)C2=C1CC(C)(C)CC2=O. The van der Waals surface area contributed by atoms with Crippen LogP contribution in [0.1, 0.15) is 87.7 Å². The number of aromatic carboxylic acids is 1. The van der Waals surface area contributed by atoms with Gasteiger partial charge in [-0.1, -0.05) is 55.8 Å². The molecule has 0 amide bonds. The van der Waals surface area contributed by atoms with Gasteiger partial charge in [0.15, 0.2) is 11.6 Å². The van der Waals surface area contributed by atoms with Crippen molar-refractivity contribution < 1.29 is 24.2 Å². The lowest BCUT2D eigenvalue weighted by Crippen LogP contribution is -2.44. The zero-order valence-corrected chi connectivity index (χ0v) is 27.2. The van der Waals surface area contributed by atoms with Gasteiger partial charge in [-0.3, -0.25) is 9.59 Å². The zero-order valence-electron chi connectivity index (χ0n) is 24.1. The first-order chi connectivity index (χ1) is 19.2. The quantitative estimate of drug-likeness (QED) is 0.330. The van der Waals surface area contributed by atoms with Crippen molar-refractivity contribution in [1.29, 1.82) is 0 Å². The minimum absolute atomic E-state index is 0.0789. The monoisotopic (exact) mass is 683 g/mol. The van der Waals surface area contributed by atoms with E-state index in [1.165, 1.54) is 0 Å². The Balaban J connectivity index is 1.68. The summed E-state index contributed by atoms with van der Waals surface area (Å²) in [6.45, 7) is 11.5. The highest BCUT2D eigenvalue weighted by Gasteiger charge is 2.49. The van der Waals surface area contributed by atoms with Gasteiger partial charge in [0.1, 0.15) is 12.4 Å². The molecule has 0 spiro atoms. The number of hydrogen-bond acceptors (Lipinski definition) is 5. The Morgan fingerprint density at radius 1 is 0.927 bits per heavy atom. The number of ketones is 2. The van der Waals surface area contributed by atoms with Crippen LogP contribution in [-0.4, -0.2) is 34.1 Å². The van der Waals surface area contributed by atoms with Gasteiger partial charge in [-0.15, -0.1) is 0 Å². The molecule has 0 bridgehead atoms. The number of halogens is 2. The molecular weight excluding hydrogens is 650 g/mol. The topological polar surface area (TPSA) is 83.9 Å². The molecule has 3 aliphatic rings. The van der Waals surface area contributed by atoms with Crippen molar-refractivity contribution in [2.24, 2.45) is 10.8 Å². The molecule has 0 aromatic heterocycles. The van der Waals surface area contributed by atoms with E-state index in [0.717, 1.165) is 39.8 Å². The molecule has 1 N–H and O–H groups in total. The molecule has 0 atom stereocenters. The normalized spacial score (nSPS) is 20.2. The average Bonchev–Trinajstić information content (AvgIpc) is 2.85. The van der Waals surface area contributed by atoms with Crippen LogP contribution in [-0.2, 0) is 16.2 Å². The minimum Gasteiger partial charge on any atom is -0.487 e. The number of nitrogens with zero attached hydrogens (tertiary/aromatic N) is 1. The maximum Gasteiger partial charge on any atom is 0.335 e. The van der Waals surface area contributed by atoms with Crippen LogP contribution < -0.4 is 4.74 Å². The Hall–Kier alpha value is -2.71. The lowest BCUT2D eigenvalue weighted by atomic mass is 9.63. The van der Waals surface area contributed by atoms with Crippen molar-refractivity contribution in [2.45, 2.75) is 72.8 Å². The van der Waals surface area contributed by atoms with E-state index in [2.05, 4.69) is 71.4 Å². The highest BCUT2D eigenvalue weighted by molar-refractivity contribution is 9.11. The highest BCUT2D eigenvalue weighted by Crippen LogP contribution is 2.56. The molecule has 0 unspecified atom stereocenters. The maximum absolute atomic E-state index is 14.0. The smallest absolute Gasteiger partial charge is 0.335 e. The summed E-state index contributed by atoms with van der Waals surface area (Å²) < 4.78 is 7.95. The van der Waals surface area contributed by atoms with Gasteiger partial charge in [-0.05, 0) is 76.4 Å². The highest BCUT2D eigenvalue weighted by atomic mass is 79.9. The molecule has 2 aromatic carbocycles. The first kappa shape index (κ1) is 29.8. The maximum atomic E-state index is 14.0. The summed E-state index contributed by atoms with van der Waals surface area (Å²) in [4.78, 5) is 41.6. The second-order valence-corrected chi connectivity index (χ2v) is 14.6. The number of Topliss-reactive ketones (excluding diaryl/α,β-unsaturated/α-hetero) is 2. The van der Waals surface area contributed by atoms with Gasteiger partial charge >= 0.3 is 5.97 Å². The number of carboxylic acid groups (broad SMARTS) is 1. The number of allylic oxidation sites excluding steroid dienone is 4. The summed E-state index contributed by atoms with van der Waals surface area (Å²) >= 11 is 7.34. The summed E-state index contributed by atoms with van der Waals surface area (Å²) in [6.07, 6.45) is 2.35. The number of carbonyl (C=O) groups excluding carboxylic acids is 2. The van der Waals surface area contributed by atoms with Gasteiger partial charge in [-0.25, -0.2) is 4.79 Å². The third-order valence-corrected chi connectivity index (χ3v) is 9.32. The van der Waals surface area contributed by atoms with Gasteiger partial charge in [0.05, 0.1) is 10.0 Å². The van der Waals surface area contributed by atoms with Crippen molar-refractivity contribution in [2.75, 3.05) is 6.54 Å². The molecule has 0 fully saturated rings. The number of carbonyl (C=O) groups is 3. The summed E-state index contributed by atoms with van der Waals surface area (Å²) in [7, 11) is 0.